The molecule has 0 aliphatic carbocycles. The SMILES string of the molecule is CC(NC(=O)C1CCOC1)c1ccc(OC(F)(F)F)cc1. The maximum atomic E-state index is 12.1. The van der Waals surface area contributed by atoms with Gasteiger partial charge in [0.15, 0.2) is 0 Å². The van der Waals surface area contributed by atoms with Crippen LogP contribution in [0.15, 0.2) is 24.3 Å². The Labute approximate surface area is 120 Å². The van der Waals surface area contributed by atoms with Gasteiger partial charge >= 0.3 is 6.36 Å². The summed E-state index contributed by atoms with van der Waals surface area (Å²) in [5, 5.41) is 2.82. The van der Waals surface area contributed by atoms with Gasteiger partial charge in [0.2, 0.25) is 5.91 Å². The third kappa shape index (κ3) is 4.63. The normalized spacial score (nSPS) is 20.1. The van der Waals surface area contributed by atoms with Crippen molar-refractivity contribution >= 4 is 5.91 Å². The highest BCUT2D eigenvalue weighted by Crippen LogP contribution is 2.24. The molecule has 116 valence electrons. The van der Waals surface area contributed by atoms with E-state index in [2.05, 4.69) is 10.1 Å². The zero-order valence-electron chi connectivity index (χ0n) is 11.4. The largest absolute Gasteiger partial charge is 0.573 e. The third-order valence-corrected chi connectivity index (χ3v) is 3.27. The fraction of sp³-hybridized carbons (Fsp3) is 0.500. The standard InChI is InChI=1S/C14H16F3NO3/c1-9(18-13(19)11-6-7-20-8-11)10-2-4-12(5-3-10)21-14(15,16)17/h2-5,9,11H,6-8H2,1H3,(H,18,19). The van der Waals surface area contributed by atoms with E-state index in [0.29, 0.717) is 25.2 Å². The van der Waals surface area contributed by atoms with Gasteiger partial charge in [-0.25, -0.2) is 0 Å². The number of ether oxygens (including phenoxy) is 2. The lowest BCUT2D eigenvalue weighted by atomic mass is 10.1. The predicted molar refractivity (Wildman–Crippen MR) is 68.6 cm³/mol. The molecule has 7 heteroatoms. The van der Waals surface area contributed by atoms with Crippen LogP contribution in [0.2, 0.25) is 0 Å². The monoisotopic (exact) mass is 303 g/mol. The van der Waals surface area contributed by atoms with E-state index in [1.165, 1.54) is 24.3 Å². The Bertz CT molecular complexity index is 481. The van der Waals surface area contributed by atoms with E-state index in [1.54, 1.807) is 6.92 Å². The molecule has 1 fully saturated rings. The molecule has 2 rings (SSSR count). The molecule has 0 spiro atoms. The Hall–Kier alpha value is -1.76. The smallest absolute Gasteiger partial charge is 0.406 e. The number of hydrogen-bond acceptors (Lipinski definition) is 3. The molecule has 1 aliphatic rings. The van der Waals surface area contributed by atoms with E-state index in [-0.39, 0.29) is 23.6 Å². The molecule has 0 bridgehead atoms. The number of hydrogen-bond donors (Lipinski definition) is 1. The lowest BCUT2D eigenvalue weighted by molar-refractivity contribution is -0.274. The summed E-state index contributed by atoms with van der Waals surface area (Å²) in [6.45, 7) is 2.76. The molecule has 2 atom stereocenters. The lowest BCUT2D eigenvalue weighted by Gasteiger charge is -2.17. The van der Waals surface area contributed by atoms with Crippen molar-refractivity contribution in [2.45, 2.75) is 25.7 Å². The molecule has 2 unspecified atom stereocenters. The number of carbonyl (C=O) groups is 1. The summed E-state index contributed by atoms with van der Waals surface area (Å²) in [6.07, 6.45) is -4.01. The number of nitrogens with one attached hydrogen (secondary N) is 1. The van der Waals surface area contributed by atoms with E-state index >= 15 is 0 Å². The van der Waals surface area contributed by atoms with Crippen LogP contribution in [-0.2, 0) is 9.53 Å². The van der Waals surface area contributed by atoms with E-state index in [9.17, 15) is 18.0 Å². The molecule has 1 heterocycles. The number of carbonyl (C=O) groups excluding carboxylic acids is 1. The second-order valence-corrected chi connectivity index (χ2v) is 4.91. The van der Waals surface area contributed by atoms with E-state index in [4.69, 9.17) is 4.74 Å². The van der Waals surface area contributed by atoms with E-state index in [0.717, 1.165) is 0 Å². The van der Waals surface area contributed by atoms with Gasteiger partial charge in [-0.3, -0.25) is 4.79 Å². The Morgan fingerprint density at radius 3 is 2.57 bits per heavy atom. The van der Waals surface area contributed by atoms with Gasteiger partial charge in [-0.1, -0.05) is 12.1 Å². The van der Waals surface area contributed by atoms with Crippen LogP contribution >= 0.6 is 0 Å². The van der Waals surface area contributed by atoms with Crippen LogP contribution in [-0.4, -0.2) is 25.5 Å². The van der Waals surface area contributed by atoms with Crippen LogP contribution in [0, 0.1) is 5.92 Å². The summed E-state index contributed by atoms with van der Waals surface area (Å²) in [6, 6.07) is 5.15. The minimum absolute atomic E-state index is 0.101. The van der Waals surface area contributed by atoms with Gasteiger partial charge < -0.3 is 14.8 Å². The van der Waals surface area contributed by atoms with Crippen molar-refractivity contribution in [2.75, 3.05) is 13.2 Å². The molecule has 0 radical (unpaired) electrons. The molecule has 0 saturated carbocycles. The molecule has 1 aliphatic heterocycles. The van der Waals surface area contributed by atoms with Gasteiger partial charge in [-0.05, 0) is 31.0 Å². The molecule has 1 amide bonds. The van der Waals surface area contributed by atoms with Crippen molar-refractivity contribution < 1.29 is 27.4 Å². The Morgan fingerprint density at radius 2 is 2.05 bits per heavy atom. The molecule has 0 aromatic heterocycles. The molecular weight excluding hydrogens is 287 g/mol. The maximum absolute atomic E-state index is 12.1. The fourth-order valence-electron chi connectivity index (χ4n) is 2.11. The summed E-state index contributed by atoms with van der Waals surface area (Å²) in [7, 11) is 0. The highest BCUT2D eigenvalue weighted by Gasteiger charge is 2.31. The van der Waals surface area contributed by atoms with Gasteiger partial charge in [0, 0.05) is 6.61 Å². The fourth-order valence-corrected chi connectivity index (χ4v) is 2.11. The van der Waals surface area contributed by atoms with Crippen molar-refractivity contribution in [3.63, 3.8) is 0 Å². The average Bonchev–Trinajstić information content (AvgIpc) is 2.91. The zero-order valence-corrected chi connectivity index (χ0v) is 11.4. The molecule has 21 heavy (non-hydrogen) atoms. The molecule has 4 nitrogen and oxygen atoms in total. The summed E-state index contributed by atoms with van der Waals surface area (Å²) in [5.41, 5.74) is 0.705. The van der Waals surface area contributed by atoms with Crippen LogP contribution in [0.5, 0.6) is 5.75 Å². The van der Waals surface area contributed by atoms with Crippen molar-refractivity contribution in [1.82, 2.24) is 5.32 Å². The molecule has 1 saturated heterocycles. The van der Waals surface area contributed by atoms with Crippen LogP contribution in [0.3, 0.4) is 0 Å². The highest BCUT2D eigenvalue weighted by atomic mass is 19.4. The number of halogens is 3. The van der Waals surface area contributed by atoms with Gasteiger partial charge in [-0.15, -0.1) is 13.2 Å². The first-order chi connectivity index (χ1) is 9.85. The first kappa shape index (κ1) is 15.6. The number of benzene rings is 1. The van der Waals surface area contributed by atoms with Crippen molar-refractivity contribution in [2.24, 2.45) is 5.92 Å². The van der Waals surface area contributed by atoms with Gasteiger partial charge in [0.25, 0.3) is 0 Å². The number of alkyl halides is 3. The van der Waals surface area contributed by atoms with Crippen molar-refractivity contribution in [3.05, 3.63) is 29.8 Å². The Balaban J connectivity index is 1.93. The molecule has 1 aromatic carbocycles. The second kappa shape index (κ2) is 6.34. The Morgan fingerprint density at radius 1 is 1.38 bits per heavy atom. The predicted octanol–water partition coefficient (Wildman–Crippen LogP) is 2.80. The topological polar surface area (TPSA) is 47.6 Å². The second-order valence-electron chi connectivity index (χ2n) is 4.91. The number of amides is 1. The minimum Gasteiger partial charge on any atom is -0.406 e. The summed E-state index contributed by atoms with van der Waals surface area (Å²) in [4.78, 5) is 11.9. The zero-order chi connectivity index (χ0) is 15.5. The summed E-state index contributed by atoms with van der Waals surface area (Å²) >= 11 is 0. The average molecular weight is 303 g/mol. The molecule has 1 N–H and O–H groups in total. The van der Waals surface area contributed by atoms with Crippen LogP contribution in [0.25, 0.3) is 0 Å². The van der Waals surface area contributed by atoms with Gasteiger partial charge in [-0.2, -0.15) is 0 Å². The van der Waals surface area contributed by atoms with Crippen LogP contribution in [0.1, 0.15) is 24.9 Å². The van der Waals surface area contributed by atoms with Gasteiger partial charge in [0.05, 0.1) is 18.6 Å². The third-order valence-electron chi connectivity index (χ3n) is 3.27. The summed E-state index contributed by atoms with van der Waals surface area (Å²) < 4.78 is 45.1. The van der Waals surface area contributed by atoms with Crippen LogP contribution in [0.4, 0.5) is 13.2 Å². The van der Waals surface area contributed by atoms with Crippen LogP contribution < -0.4 is 10.1 Å². The van der Waals surface area contributed by atoms with Crippen molar-refractivity contribution in [3.8, 4) is 5.75 Å². The Kier molecular flexibility index (Phi) is 4.72. The highest BCUT2D eigenvalue weighted by molar-refractivity contribution is 5.79. The van der Waals surface area contributed by atoms with E-state index < -0.39 is 6.36 Å². The minimum atomic E-state index is -4.70. The van der Waals surface area contributed by atoms with E-state index in [1.807, 2.05) is 0 Å². The molecule has 1 aromatic rings. The van der Waals surface area contributed by atoms with Crippen molar-refractivity contribution in [1.29, 1.82) is 0 Å². The first-order valence-electron chi connectivity index (χ1n) is 6.59. The maximum Gasteiger partial charge on any atom is 0.573 e. The summed E-state index contributed by atoms with van der Waals surface area (Å²) in [5.74, 6) is -0.537. The lowest BCUT2D eigenvalue weighted by Crippen LogP contribution is -2.33. The first-order valence-corrected chi connectivity index (χ1v) is 6.59. The quantitative estimate of drug-likeness (QED) is 0.930. The molecular formula is C14H16F3NO3. The van der Waals surface area contributed by atoms with Gasteiger partial charge in [0.1, 0.15) is 5.75 Å². The number of rotatable bonds is 4.